The lowest BCUT2D eigenvalue weighted by molar-refractivity contribution is -0.125. The van der Waals surface area contributed by atoms with Crippen LogP contribution in [0, 0.1) is 17.8 Å². The van der Waals surface area contributed by atoms with E-state index in [1.807, 2.05) is 34.6 Å². The number of carbonyl (C=O) groups is 2. The summed E-state index contributed by atoms with van der Waals surface area (Å²) in [4.78, 5) is 27.0. The van der Waals surface area contributed by atoms with E-state index in [0.29, 0.717) is 29.7 Å². The lowest BCUT2D eigenvalue weighted by atomic mass is 9.95. The van der Waals surface area contributed by atoms with Gasteiger partial charge in [0, 0.05) is 43.9 Å². The molecular weight excluding hydrogens is 430 g/mol. The topological polar surface area (TPSA) is 76.5 Å². The number of aryl methyl sites for hydroxylation is 1. The Labute approximate surface area is 192 Å². The molecule has 0 bridgehead atoms. The Morgan fingerprint density at radius 3 is 2.24 bits per heavy atom. The number of para-hydroxylation sites is 1. The van der Waals surface area contributed by atoms with Crippen molar-refractivity contribution in [3.63, 3.8) is 0 Å². The van der Waals surface area contributed by atoms with Crippen molar-refractivity contribution in [3.05, 3.63) is 29.5 Å². The highest BCUT2D eigenvalue weighted by Crippen LogP contribution is 2.52. The third-order valence-electron chi connectivity index (χ3n) is 6.51. The van der Waals surface area contributed by atoms with Gasteiger partial charge in [-0.2, -0.15) is 5.10 Å². The summed E-state index contributed by atoms with van der Waals surface area (Å²) in [6, 6.07) is 4.75. The zero-order valence-corrected chi connectivity index (χ0v) is 20.2. The number of carbonyl (C=O) groups excluding carboxylic acids is 2. The van der Waals surface area contributed by atoms with E-state index in [0.717, 1.165) is 6.92 Å². The van der Waals surface area contributed by atoms with Gasteiger partial charge in [-0.05, 0) is 46.5 Å². The van der Waals surface area contributed by atoms with Crippen LogP contribution in [0.25, 0.3) is 10.9 Å². The zero-order chi connectivity index (χ0) is 24.5. The number of fused-ring (bicyclic) bond motifs is 2. The number of nitrogens with zero attached hydrogens (tertiary/aromatic N) is 3. The van der Waals surface area contributed by atoms with Crippen molar-refractivity contribution < 1.29 is 23.1 Å². The summed E-state index contributed by atoms with van der Waals surface area (Å²) in [5, 5.41) is 8.17. The molecule has 1 aliphatic heterocycles. The molecule has 9 heteroatoms. The highest BCUT2D eigenvalue weighted by molar-refractivity contribution is 5.88. The van der Waals surface area contributed by atoms with Gasteiger partial charge >= 0.3 is 6.09 Å². The molecule has 1 saturated carbocycles. The van der Waals surface area contributed by atoms with Crippen molar-refractivity contribution in [2.24, 2.45) is 24.8 Å². The quantitative estimate of drug-likeness (QED) is 0.741. The summed E-state index contributed by atoms with van der Waals surface area (Å²) in [6.07, 6.45) is -0.349. The standard InChI is InChI=1S/C24H32F2N4O3/c1-22(2,3)33-21(32)30-11-14-15(12-30)17(14)20(31)27-23(4,5)19-13-9-8-10-16(24(6,25)26)18(13)29(7)28-19/h8-10,14-15,17H,11-12H2,1-7H3,(H,27,31)/t14-,15+,17+. The van der Waals surface area contributed by atoms with Crippen LogP contribution in [-0.4, -0.2) is 45.4 Å². The van der Waals surface area contributed by atoms with Crippen LogP contribution >= 0.6 is 0 Å². The second-order valence-corrected chi connectivity index (χ2v) is 10.9. The smallest absolute Gasteiger partial charge is 0.410 e. The Morgan fingerprint density at radius 1 is 1.09 bits per heavy atom. The monoisotopic (exact) mass is 462 g/mol. The first kappa shape index (κ1) is 23.4. The number of ether oxygens (including phenoxy) is 1. The lowest BCUT2D eigenvalue weighted by Gasteiger charge is -2.27. The fourth-order valence-corrected chi connectivity index (χ4v) is 4.99. The Balaban J connectivity index is 1.47. The minimum Gasteiger partial charge on any atom is -0.444 e. The second-order valence-electron chi connectivity index (χ2n) is 10.9. The first-order valence-corrected chi connectivity index (χ1v) is 11.2. The van der Waals surface area contributed by atoms with Crippen LogP contribution in [0.1, 0.15) is 52.8 Å². The Kier molecular flexibility index (Phi) is 5.26. The summed E-state index contributed by atoms with van der Waals surface area (Å²) in [7, 11) is 1.63. The van der Waals surface area contributed by atoms with Gasteiger partial charge in [-0.15, -0.1) is 0 Å². The third kappa shape index (κ3) is 4.29. The number of benzene rings is 1. The van der Waals surface area contributed by atoms with Crippen LogP contribution in [0.2, 0.25) is 0 Å². The van der Waals surface area contributed by atoms with E-state index in [2.05, 4.69) is 10.4 Å². The van der Waals surface area contributed by atoms with Crippen LogP contribution in [0.4, 0.5) is 13.6 Å². The van der Waals surface area contributed by atoms with E-state index in [4.69, 9.17) is 4.74 Å². The number of aromatic nitrogens is 2. The molecule has 180 valence electrons. The Morgan fingerprint density at radius 2 is 1.70 bits per heavy atom. The minimum absolute atomic E-state index is 0.0951. The van der Waals surface area contributed by atoms with Gasteiger partial charge in [0.15, 0.2) is 0 Å². The molecule has 3 atom stereocenters. The molecule has 1 aliphatic carbocycles. The molecule has 2 amide bonds. The normalized spacial score (nSPS) is 22.9. The maximum absolute atomic E-state index is 14.2. The number of alkyl halides is 2. The zero-order valence-electron chi connectivity index (χ0n) is 20.2. The van der Waals surface area contributed by atoms with Gasteiger partial charge in [0.2, 0.25) is 5.91 Å². The number of amides is 2. The molecule has 2 fully saturated rings. The molecule has 33 heavy (non-hydrogen) atoms. The number of halogens is 2. The maximum atomic E-state index is 14.2. The van der Waals surface area contributed by atoms with Gasteiger partial charge in [-0.1, -0.05) is 18.2 Å². The molecule has 4 rings (SSSR count). The van der Waals surface area contributed by atoms with Gasteiger partial charge in [0.1, 0.15) is 5.60 Å². The van der Waals surface area contributed by atoms with Gasteiger partial charge < -0.3 is 15.0 Å². The number of rotatable bonds is 4. The maximum Gasteiger partial charge on any atom is 0.410 e. The molecule has 1 N–H and O–H groups in total. The number of piperidine rings is 1. The molecule has 0 spiro atoms. The van der Waals surface area contributed by atoms with Crippen LogP contribution in [0.3, 0.4) is 0 Å². The lowest BCUT2D eigenvalue weighted by Crippen LogP contribution is -2.44. The molecule has 1 aromatic carbocycles. The van der Waals surface area contributed by atoms with Crippen molar-refractivity contribution in [2.45, 2.75) is 58.6 Å². The summed E-state index contributed by atoms with van der Waals surface area (Å²) >= 11 is 0. The van der Waals surface area contributed by atoms with Crippen molar-refractivity contribution in [1.82, 2.24) is 20.0 Å². The molecule has 7 nitrogen and oxygen atoms in total. The summed E-state index contributed by atoms with van der Waals surface area (Å²) in [6.45, 7) is 11.0. The first-order valence-electron chi connectivity index (χ1n) is 11.2. The summed E-state index contributed by atoms with van der Waals surface area (Å²) < 4.78 is 35.2. The predicted octanol–water partition coefficient (Wildman–Crippen LogP) is 4.15. The van der Waals surface area contributed by atoms with E-state index >= 15 is 0 Å². The highest BCUT2D eigenvalue weighted by atomic mass is 19.3. The predicted molar refractivity (Wildman–Crippen MR) is 120 cm³/mol. The Bertz CT molecular complexity index is 1100. The van der Waals surface area contributed by atoms with E-state index in [1.165, 1.54) is 10.7 Å². The molecule has 0 unspecified atom stereocenters. The van der Waals surface area contributed by atoms with E-state index in [-0.39, 0.29) is 35.3 Å². The molecule has 1 aromatic heterocycles. The van der Waals surface area contributed by atoms with E-state index < -0.39 is 17.1 Å². The van der Waals surface area contributed by atoms with Gasteiger partial charge in [-0.3, -0.25) is 9.48 Å². The molecule has 2 heterocycles. The van der Waals surface area contributed by atoms with Crippen LogP contribution in [0.5, 0.6) is 0 Å². The van der Waals surface area contributed by atoms with Crippen molar-refractivity contribution in [2.75, 3.05) is 13.1 Å². The van der Waals surface area contributed by atoms with Crippen LogP contribution in [-0.2, 0) is 28.0 Å². The number of hydrogen-bond donors (Lipinski definition) is 1. The van der Waals surface area contributed by atoms with Crippen LogP contribution < -0.4 is 5.32 Å². The second kappa shape index (κ2) is 7.40. The SMILES string of the molecule is Cn1nc(C(C)(C)NC(=O)[C@H]2[C@@H]3CN(C(=O)OC(C)(C)C)C[C@@H]32)c2cccc(C(C)(F)F)c21. The van der Waals surface area contributed by atoms with Gasteiger partial charge in [0.05, 0.1) is 16.7 Å². The average Bonchev–Trinajstić information content (AvgIpc) is 2.99. The van der Waals surface area contributed by atoms with E-state index in [9.17, 15) is 18.4 Å². The molecule has 2 aliphatic rings. The van der Waals surface area contributed by atoms with Gasteiger partial charge in [-0.25, -0.2) is 13.6 Å². The molecule has 2 aromatic rings. The van der Waals surface area contributed by atoms with Crippen molar-refractivity contribution in [1.29, 1.82) is 0 Å². The van der Waals surface area contributed by atoms with Crippen LogP contribution in [0.15, 0.2) is 18.2 Å². The van der Waals surface area contributed by atoms with E-state index in [1.54, 1.807) is 24.1 Å². The summed E-state index contributed by atoms with van der Waals surface area (Å²) in [5.41, 5.74) is -0.612. The molecular formula is C24H32F2N4O3. The number of likely N-dealkylation sites (tertiary alicyclic amines) is 1. The summed E-state index contributed by atoms with van der Waals surface area (Å²) in [5.74, 6) is -3.06. The molecule has 1 saturated heterocycles. The Hall–Kier alpha value is -2.71. The first-order chi connectivity index (χ1) is 15.1. The third-order valence-corrected chi connectivity index (χ3v) is 6.51. The number of nitrogens with one attached hydrogen (secondary N) is 1. The highest BCUT2D eigenvalue weighted by Gasteiger charge is 2.61. The van der Waals surface area contributed by atoms with Crippen molar-refractivity contribution in [3.8, 4) is 0 Å². The fourth-order valence-electron chi connectivity index (χ4n) is 4.99. The fraction of sp³-hybridized carbons (Fsp3) is 0.625. The average molecular weight is 463 g/mol. The van der Waals surface area contributed by atoms with Gasteiger partial charge in [0.25, 0.3) is 5.92 Å². The number of hydrogen-bond acceptors (Lipinski definition) is 4. The molecule has 0 radical (unpaired) electrons. The van der Waals surface area contributed by atoms with Crippen molar-refractivity contribution >= 4 is 22.9 Å². The minimum atomic E-state index is -3.01. The largest absolute Gasteiger partial charge is 0.444 e.